The Balaban J connectivity index is 2.11. The molecule has 1 aliphatic rings. The highest BCUT2D eigenvalue weighted by atomic mass is 16.3. The van der Waals surface area contributed by atoms with Crippen LogP contribution in [0.3, 0.4) is 0 Å². The highest BCUT2D eigenvalue weighted by Crippen LogP contribution is 2.31. The standard InChI is InChI=1S/C13H21N3O/c1-16(10-13(17)5-2-3-6-13)12-9-15-7-4-11(12)8-14/h4,7,9,17H,2-3,5-6,8,10,14H2,1H3. The normalized spacial score (nSPS) is 18.3. The van der Waals surface area contributed by atoms with Gasteiger partial charge >= 0.3 is 0 Å². The Morgan fingerprint density at radius 1 is 1.47 bits per heavy atom. The van der Waals surface area contributed by atoms with Crippen LogP contribution in [0.4, 0.5) is 5.69 Å². The molecule has 1 aliphatic carbocycles. The number of aromatic nitrogens is 1. The second-order valence-electron chi connectivity index (χ2n) is 5.00. The lowest BCUT2D eigenvalue weighted by molar-refractivity contribution is 0.0559. The Bertz CT molecular complexity index is 375. The first-order valence-corrected chi connectivity index (χ1v) is 6.21. The lowest BCUT2D eigenvalue weighted by atomic mass is 10.0. The van der Waals surface area contributed by atoms with Gasteiger partial charge in [0.2, 0.25) is 0 Å². The number of nitrogens with zero attached hydrogens (tertiary/aromatic N) is 2. The molecule has 17 heavy (non-hydrogen) atoms. The van der Waals surface area contributed by atoms with Gasteiger partial charge in [0.15, 0.2) is 0 Å². The highest BCUT2D eigenvalue weighted by molar-refractivity contribution is 5.51. The molecule has 2 rings (SSSR count). The van der Waals surface area contributed by atoms with Crippen LogP contribution in [0, 0.1) is 0 Å². The zero-order valence-corrected chi connectivity index (χ0v) is 10.4. The van der Waals surface area contributed by atoms with Crippen LogP contribution in [-0.2, 0) is 6.54 Å². The van der Waals surface area contributed by atoms with E-state index in [1.165, 1.54) is 0 Å². The SMILES string of the molecule is CN(CC1(O)CCCC1)c1cnccc1CN. The number of rotatable bonds is 4. The minimum atomic E-state index is -0.531. The fourth-order valence-corrected chi connectivity index (χ4v) is 2.65. The molecule has 1 fully saturated rings. The van der Waals surface area contributed by atoms with E-state index in [9.17, 15) is 5.11 Å². The van der Waals surface area contributed by atoms with E-state index in [0.29, 0.717) is 13.1 Å². The molecule has 0 saturated heterocycles. The predicted octanol–water partition coefficient (Wildman–Crippen LogP) is 1.28. The summed E-state index contributed by atoms with van der Waals surface area (Å²) in [5, 5.41) is 10.4. The summed E-state index contributed by atoms with van der Waals surface area (Å²) in [7, 11) is 1.99. The van der Waals surface area contributed by atoms with E-state index in [1.807, 2.05) is 19.3 Å². The van der Waals surface area contributed by atoms with Crippen molar-refractivity contribution >= 4 is 5.69 Å². The van der Waals surface area contributed by atoms with Crippen molar-refractivity contribution < 1.29 is 5.11 Å². The minimum absolute atomic E-state index is 0.501. The van der Waals surface area contributed by atoms with E-state index in [-0.39, 0.29) is 0 Å². The third-order valence-corrected chi connectivity index (χ3v) is 3.58. The maximum absolute atomic E-state index is 10.4. The van der Waals surface area contributed by atoms with Crippen LogP contribution in [0.25, 0.3) is 0 Å². The Hall–Kier alpha value is -1.13. The molecule has 0 amide bonds. The maximum Gasteiger partial charge on any atom is 0.0821 e. The first kappa shape index (κ1) is 12.3. The average molecular weight is 235 g/mol. The third kappa shape index (κ3) is 2.76. The Morgan fingerprint density at radius 2 is 2.18 bits per heavy atom. The number of pyridine rings is 1. The van der Waals surface area contributed by atoms with Gasteiger partial charge < -0.3 is 15.7 Å². The second-order valence-corrected chi connectivity index (χ2v) is 5.00. The molecule has 0 spiro atoms. The van der Waals surface area contributed by atoms with Crippen molar-refractivity contribution in [3.8, 4) is 0 Å². The first-order chi connectivity index (χ1) is 8.14. The van der Waals surface area contributed by atoms with E-state index in [1.54, 1.807) is 6.20 Å². The molecule has 0 bridgehead atoms. The van der Waals surface area contributed by atoms with E-state index in [4.69, 9.17) is 5.73 Å². The molecule has 4 heteroatoms. The summed E-state index contributed by atoms with van der Waals surface area (Å²) in [4.78, 5) is 6.20. The Labute approximate surface area is 102 Å². The van der Waals surface area contributed by atoms with Crippen molar-refractivity contribution in [1.29, 1.82) is 0 Å². The van der Waals surface area contributed by atoms with Gasteiger partial charge in [-0.2, -0.15) is 0 Å². The molecular formula is C13H21N3O. The molecule has 0 radical (unpaired) electrons. The number of nitrogens with two attached hydrogens (primary N) is 1. The van der Waals surface area contributed by atoms with Gasteiger partial charge in [-0.25, -0.2) is 0 Å². The molecule has 1 aromatic rings. The fourth-order valence-electron chi connectivity index (χ4n) is 2.65. The van der Waals surface area contributed by atoms with E-state index in [0.717, 1.165) is 36.9 Å². The lowest BCUT2D eigenvalue weighted by Gasteiger charge is -2.30. The van der Waals surface area contributed by atoms with Crippen molar-refractivity contribution in [1.82, 2.24) is 4.98 Å². The number of likely N-dealkylation sites (N-methyl/N-ethyl adjacent to an activating group) is 1. The van der Waals surface area contributed by atoms with E-state index in [2.05, 4.69) is 9.88 Å². The van der Waals surface area contributed by atoms with Crippen LogP contribution in [0.15, 0.2) is 18.5 Å². The molecule has 0 atom stereocenters. The largest absolute Gasteiger partial charge is 0.388 e. The van der Waals surface area contributed by atoms with Gasteiger partial charge in [0, 0.05) is 26.3 Å². The topological polar surface area (TPSA) is 62.4 Å². The van der Waals surface area contributed by atoms with Crippen LogP contribution in [0.2, 0.25) is 0 Å². The Kier molecular flexibility index (Phi) is 3.64. The molecule has 0 unspecified atom stereocenters. The quantitative estimate of drug-likeness (QED) is 0.825. The molecular weight excluding hydrogens is 214 g/mol. The molecule has 1 saturated carbocycles. The predicted molar refractivity (Wildman–Crippen MR) is 68.8 cm³/mol. The van der Waals surface area contributed by atoms with Crippen LogP contribution < -0.4 is 10.6 Å². The molecule has 1 aromatic heterocycles. The molecule has 1 heterocycles. The maximum atomic E-state index is 10.4. The zero-order chi connectivity index (χ0) is 12.3. The van der Waals surface area contributed by atoms with Gasteiger partial charge in [-0.3, -0.25) is 4.98 Å². The van der Waals surface area contributed by atoms with Crippen molar-refractivity contribution in [2.45, 2.75) is 37.8 Å². The molecule has 4 nitrogen and oxygen atoms in total. The number of aliphatic hydroxyl groups is 1. The summed E-state index contributed by atoms with van der Waals surface area (Å²) in [5.74, 6) is 0. The third-order valence-electron chi connectivity index (χ3n) is 3.58. The smallest absolute Gasteiger partial charge is 0.0821 e. The van der Waals surface area contributed by atoms with Gasteiger partial charge in [0.05, 0.1) is 17.5 Å². The van der Waals surface area contributed by atoms with Crippen LogP contribution in [-0.4, -0.2) is 29.3 Å². The van der Waals surface area contributed by atoms with Gasteiger partial charge in [-0.1, -0.05) is 12.8 Å². The minimum Gasteiger partial charge on any atom is -0.388 e. The lowest BCUT2D eigenvalue weighted by Crippen LogP contribution is -2.39. The van der Waals surface area contributed by atoms with Gasteiger partial charge in [0.25, 0.3) is 0 Å². The summed E-state index contributed by atoms with van der Waals surface area (Å²) in [6.07, 6.45) is 7.62. The van der Waals surface area contributed by atoms with Crippen molar-refractivity contribution in [3.63, 3.8) is 0 Å². The summed E-state index contributed by atoms with van der Waals surface area (Å²) < 4.78 is 0. The summed E-state index contributed by atoms with van der Waals surface area (Å²) >= 11 is 0. The summed E-state index contributed by atoms with van der Waals surface area (Å²) in [5.41, 5.74) is 7.28. The zero-order valence-electron chi connectivity index (χ0n) is 10.4. The second kappa shape index (κ2) is 5.02. The molecule has 3 N–H and O–H groups in total. The van der Waals surface area contributed by atoms with Crippen molar-refractivity contribution in [2.24, 2.45) is 5.73 Å². The number of hydrogen-bond acceptors (Lipinski definition) is 4. The van der Waals surface area contributed by atoms with Crippen LogP contribution in [0.5, 0.6) is 0 Å². The molecule has 0 aliphatic heterocycles. The monoisotopic (exact) mass is 235 g/mol. The molecule has 94 valence electrons. The summed E-state index contributed by atoms with van der Waals surface area (Å²) in [6, 6.07) is 1.94. The van der Waals surface area contributed by atoms with Crippen molar-refractivity contribution in [3.05, 3.63) is 24.0 Å². The highest BCUT2D eigenvalue weighted by Gasteiger charge is 2.32. The van der Waals surface area contributed by atoms with Crippen LogP contribution in [0.1, 0.15) is 31.2 Å². The average Bonchev–Trinajstić information content (AvgIpc) is 2.75. The van der Waals surface area contributed by atoms with Gasteiger partial charge in [0.1, 0.15) is 0 Å². The van der Waals surface area contributed by atoms with Crippen molar-refractivity contribution in [2.75, 3.05) is 18.5 Å². The van der Waals surface area contributed by atoms with Gasteiger partial charge in [-0.15, -0.1) is 0 Å². The Morgan fingerprint density at radius 3 is 2.82 bits per heavy atom. The number of anilines is 1. The van der Waals surface area contributed by atoms with E-state index >= 15 is 0 Å². The first-order valence-electron chi connectivity index (χ1n) is 6.21. The van der Waals surface area contributed by atoms with E-state index < -0.39 is 5.60 Å². The van der Waals surface area contributed by atoms with Gasteiger partial charge in [-0.05, 0) is 24.5 Å². The summed E-state index contributed by atoms with van der Waals surface area (Å²) in [6.45, 7) is 1.16. The molecule has 0 aromatic carbocycles. The fraction of sp³-hybridized carbons (Fsp3) is 0.615. The van der Waals surface area contributed by atoms with Crippen LogP contribution >= 0.6 is 0 Å². The number of hydrogen-bond donors (Lipinski definition) is 2.